The number of nitrogens with one attached hydrogen (secondary N) is 1. The summed E-state index contributed by atoms with van der Waals surface area (Å²) in [6.07, 6.45) is 3.91. The van der Waals surface area contributed by atoms with E-state index in [4.69, 9.17) is 10.5 Å². The van der Waals surface area contributed by atoms with Crippen LogP contribution in [0.5, 0.6) is 0 Å². The predicted molar refractivity (Wildman–Crippen MR) is 98.2 cm³/mol. The lowest BCUT2D eigenvalue weighted by molar-refractivity contribution is -0.155. The molecule has 0 radical (unpaired) electrons. The monoisotopic (exact) mass is 355 g/mol. The van der Waals surface area contributed by atoms with Gasteiger partial charge in [-0.3, -0.25) is 10.2 Å². The fraction of sp³-hybridized carbons (Fsp3) is 0.706. The number of nitrogens with zero attached hydrogens (tertiary/aromatic N) is 2. The molecule has 0 aromatic carbocycles. The molecule has 0 spiro atoms. The molecule has 0 aromatic heterocycles. The molecule has 7 heteroatoms. The number of aliphatic carboxylic acids is 1. The van der Waals surface area contributed by atoms with Gasteiger partial charge in [-0.15, -0.1) is 12.6 Å². The lowest BCUT2D eigenvalue weighted by Gasteiger charge is -2.42. The van der Waals surface area contributed by atoms with Gasteiger partial charge in [0.2, 0.25) is 5.91 Å². The Bertz CT molecular complexity index is 527. The molecule has 6 nitrogen and oxygen atoms in total. The van der Waals surface area contributed by atoms with Crippen molar-refractivity contribution in [3.63, 3.8) is 0 Å². The first kappa shape index (κ1) is 20.5. The minimum absolute atomic E-state index is 0.00556. The summed E-state index contributed by atoms with van der Waals surface area (Å²) in [5.74, 6) is -0.407. The van der Waals surface area contributed by atoms with Gasteiger partial charge in [0, 0.05) is 24.4 Å². The number of fused-ring (bicyclic) bond motifs is 1. The average Bonchev–Trinajstić information content (AvgIpc) is 3.17. The molecule has 3 heterocycles. The van der Waals surface area contributed by atoms with Gasteiger partial charge in [-0.25, -0.2) is 4.79 Å². The smallest absolute Gasteiger partial charge is 0.353 e. The van der Waals surface area contributed by atoms with Crippen LogP contribution in [0.2, 0.25) is 0 Å². The second kappa shape index (κ2) is 9.11. The van der Waals surface area contributed by atoms with E-state index in [1.807, 2.05) is 27.7 Å². The van der Waals surface area contributed by atoms with Crippen LogP contribution in [0.4, 0.5) is 0 Å². The Morgan fingerprint density at radius 1 is 1.33 bits per heavy atom. The Morgan fingerprint density at radius 2 is 1.88 bits per heavy atom. The van der Waals surface area contributed by atoms with Crippen LogP contribution >= 0.6 is 12.6 Å². The number of rotatable bonds is 2. The van der Waals surface area contributed by atoms with Gasteiger partial charge < -0.3 is 14.9 Å². The Labute approximate surface area is 149 Å². The number of carboxylic acids is 1. The van der Waals surface area contributed by atoms with Crippen molar-refractivity contribution in [2.24, 2.45) is 5.92 Å². The van der Waals surface area contributed by atoms with Crippen LogP contribution in [-0.4, -0.2) is 51.7 Å². The number of amides is 1. The van der Waals surface area contributed by atoms with Crippen LogP contribution in [0.25, 0.3) is 0 Å². The van der Waals surface area contributed by atoms with Crippen LogP contribution in [0.15, 0.2) is 10.6 Å². The van der Waals surface area contributed by atoms with Gasteiger partial charge in [-0.1, -0.05) is 20.8 Å². The summed E-state index contributed by atoms with van der Waals surface area (Å²) in [5, 5.41) is 16.1. The van der Waals surface area contributed by atoms with Crippen molar-refractivity contribution < 1.29 is 14.7 Å². The highest BCUT2D eigenvalue weighted by Gasteiger charge is 2.53. The van der Waals surface area contributed by atoms with E-state index in [1.165, 1.54) is 17.7 Å². The highest BCUT2D eigenvalue weighted by Crippen LogP contribution is 2.44. The third kappa shape index (κ3) is 4.12. The molecule has 1 amide bonds. The number of carbonyl (C=O) groups is 2. The highest BCUT2D eigenvalue weighted by atomic mass is 32.1. The second-order valence-corrected chi connectivity index (χ2v) is 6.41. The first-order valence-corrected chi connectivity index (χ1v) is 9.11. The van der Waals surface area contributed by atoms with Crippen LogP contribution in [0.3, 0.4) is 0 Å². The Balaban J connectivity index is 0.000000245. The van der Waals surface area contributed by atoms with E-state index in [2.05, 4.69) is 17.5 Å². The van der Waals surface area contributed by atoms with Crippen molar-refractivity contribution in [1.29, 1.82) is 5.41 Å². The van der Waals surface area contributed by atoms with Crippen LogP contribution in [0, 0.1) is 11.3 Å². The van der Waals surface area contributed by atoms with Crippen molar-refractivity contribution in [2.75, 3.05) is 13.1 Å². The lowest BCUT2D eigenvalue weighted by Crippen LogP contribution is -2.58. The number of carbonyl (C=O) groups excluding carboxylic acids is 1. The zero-order valence-electron chi connectivity index (χ0n) is 15.0. The standard InChI is InChI=1S/C9H11NO3S.C6H12N2.C2H6/c1-2-4-5-3-6(14)7(9(12)13)10(5)8(4)11;1-6(7)8-4-2-3-5-8;1-2/h4-5,14H,2-3H2,1H3,(H,12,13);7H,2-5H2,1H3;1-2H3. The van der Waals surface area contributed by atoms with E-state index < -0.39 is 5.97 Å². The zero-order valence-corrected chi connectivity index (χ0v) is 15.9. The van der Waals surface area contributed by atoms with Gasteiger partial charge in [-0.05, 0) is 26.2 Å². The maximum Gasteiger partial charge on any atom is 0.353 e. The topological polar surface area (TPSA) is 84.7 Å². The molecule has 0 aliphatic carbocycles. The summed E-state index contributed by atoms with van der Waals surface area (Å²) in [6.45, 7) is 10.0. The molecule has 0 bridgehead atoms. The van der Waals surface area contributed by atoms with Crippen molar-refractivity contribution in [3.8, 4) is 0 Å². The highest BCUT2D eigenvalue weighted by molar-refractivity contribution is 7.84. The van der Waals surface area contributed by atoms with Gasteiger partial charge in [0.25, 0.3) is 0 Å². The van der Waals surface area contributed by atoms with Gasteiger partial charge in [0.05, 0.1) is 17.8 Å². The first-order valence-electron chi connectivity index (χ1n) is 8.67. The van der Waals surface area contributed by atoms with E-state index in [0.717, 1.165) is 25.3 Å². The lowest BCUT2D eigenvalue weighted by atomic mass is 9.85. The molecule has 0 aromatic rings. The maximum atomic E-state index is 11.5. The van der Waals surface area contributed by atoms with Crippen molar-refractivity contribution in [2.45, 2.75) is 59.4 Å². The minimum Gasteiger partial charge on any atom is -0.477 e. The predicted octanol–water partition coefficient (Wildman–Crippen LogP) is 2.96. The Morgan fingerprint density at radius 3 is 2.25 bits per heavy atom. The van der Waals surface area contributed by atoms with E-state index in [1.54, 1.807) is 0 Å². The third-order valence-corrected chi connectivity index (χ3v) is 4.88. The molecule has 3 aliphatic heterocycles. The van der Waals surface area contributed by atoms with E-state index in [-0.39, 0.29) is 23.6 Å². The van der Waals surface area contributed by atoms with Crippen LogP contribution in [-0.2, 0) is 9.59 Å². The summed E-state index contributed by atoms with van der Waals surface area (Å²) in [7, 11) is 0. The molecular weight excluding hydrogens is 326 g/mol. The molecule has 2 atom stereocenters. The SMILES string of the molecule is CC.CC(=N)N1CCCC1.CCC1C(=O)N2C(C(=O)O)=C(S)CC12. The number of likely N-dealkylation sites (tertiary alicyclic amines) is 1. The molecule has 2 unspecified atom stereocenters. The number of hydrogen-bond donors (Lipinski definition) is 3. The molecule has 0 saturated carbocycles. The third-order valence-electron chi connectivity index (χ3n) is 4.49. The molecular formula is C17H29N3O3S. The molecule has 2 saturated heterocycles. The van der Waals surface area contributed by atoms with E-state index in [0.29, 0.717) is 11.3 Å². The van der Waals surface area contributed by atoms with Gasteiger partial charge in [0.15, 0.2) is 0 Å². The van der Waals surface area contributed by atoms with Gasteiger partial charge in [-0.2, -0.15) is 0 Å². The Hall–Kier alpha value is -1.50. The molecule has 2 fully saturated rings. The van der Waals surface area contributed by atoms with Crippen LogP contribution in [0.1, 0.15) is 53.4 Å². The minimum atomic E-state index is -1.06. The van der Waals surface area contributed by atoms with Gasteiger partial charge >= 0.3 is 5.97 Å². The normalized spacial score (nSPS) is 24.5. The number of β-lactam (4-membered cyclic amide) rings is 1. The Kier molecular flexibility index (Phi) is 7.79. The van der Waals surface area contributed by atoms with Crippen LogP contribution < -0.4 is 0 Å². The fourth-order valence-corrected chi connectivity index (χ4v) is 3.66. The number of carboxylic acid groups (broad SMARTS) is 1. The number of thiol groups is 1. The van der Waals surface area contributed by atoms with Crippen molar-refractivity contribution in [1.82, 2.24) is 9.80 Å². The molecule has 2 N–H and O–H groups in total. The van der Waals surface area contributed by atoms with E-state index in [9.17, 15) is 9.59 Å². The molecule has 3 aliphatic rings. The van der Waals surface area contributed by atoms with Gasteiger partial charge in [0.1, 0.15) is 5.70 Å². The molecule has 3 rings (SSSR count). The fourth-order valence-electron chi connectivity index (χ4n) is 3.27. The summed E-state index contributed by atoms with van der Waals surface area (Å²) >= 11 is 4.11. The summed E-state index contributed by atoms with van der Waals surface area (Å²) in [6, 6.07) is 0.0473. The zero-order chi connectivity index (χ0) is 18.4. The first-order chi connectivity index (χ1) is 11.4. The second-order valence-electron chi connectivity index (χ2n) is 5.87. The average molecular weight is 356 g/mol. The molecule has 136 valence electrons. The summed E-state index contributed by atoms with van der Waals surface area (Å²) in [5.41, 5.74) is 0.0769. The largest absolute Gasteiger partial charge is 0.477 e. The number of amidine groups is 1. The van der Waals surface area contributed by atoms with E-state index >= 15 is 0 Å². The quantitative estimate of drug-likeness (QED) is 0.308. The molecule has 24 heavy (non-hydrogen) atoms. The summed E-state index contributed by atoms with van der Waals surface area (Å²) < 4.78 is 0. The maximum absolute atomic E-state index is 11.5. The number of hydrogen-bond acceptors (Lipinski definition) is 4. The summed E-state index contributed by atoms with van der Waals surface area (Å²) in [4.78, 5) is 26.4. The van der Waals surface area contributed by atoms with Crippen molar-refractivity contribution >= 4 is 30.3 Å². The van der Waals surface area contributed by atoms with Crippen molar-refractivity contribution in [3.05, 3.63) is 10.6 Å².